The van der Waals surface area contributed by atoms with Gasteiger partial charge in [0, 0.05) is 20.8 Å². The highest BCUT2D eigenvalue weighted by Gasteiger charge is 2.15. The molecule has 0 unspecified atom stereocenters. The van der Waals surface area contributed by atoms with Crippen LogP contribution in [0.15, 0.2) is 48.5 Å². The number of anilines is 1. The van der Waals surface area contributed by atoms with Gasteiger partial charge in [0.15, 0.2) is 6.61 Å². The van der Waals surface area contributed by atoms with Crippen molar-refractivity contribution in [2.24, 2.45) is 0 Å². The predicted molar refractivity (Wildman–Crippen MR) is 92.1 cm³/mol. The Morgan fingerprint density at radius 2 is 1.96 bits per heavy atom. The lowest BCUT2D eigenvalue weighted by Gasteiger charge is -2.06. The van der Waals surface area contributed by atoms with Gasteiger partial charge in [-0.05, 0) is 36.4 Å². The third-order valence-electron chi connectivity index (χ3n) is 3.15. The molecule has 0 saturated carbocycles. The van der Waals surface area contributed by atoms with Gasteiger partial charge in [0.05, 0.1) is 0 Å². The molecule has 0 aliphatic heterocycles. The number of nitrogens with one attached hydrogen (secondary N) is 1. The van der Waals surface area contributed by atoms with E-state index in [0.29, 0.717) is 20.8 Å². The second-order valence-corrected chi connectivity index (χ2v) is 6.42. The van der Waals surface area contributed by atoms with Crippen molar-refractivity contribution in [2.45, 2.75) is 0 Å². The quantitative estimate of drug-likeness (QED) is 0.695. The summed E-state index contributed by atoms with van der Waals surface area (Å²) in [4.78, 5) is 24.0. The summed E-state index contributed by atoms with van der Waals surface area (Å²) in [5.41, 5.74) is 0.507. The first kappa shape index (κ1) is 16.4. The van der Waals surface area contributed by atoms with Crippen molar-refractivity contribution in [2.75, 3.05) is 11.9 Å². The molecule has 0 saturated heterocycles. The number of halogens is 2. The number of carbonyl (C=O) groups excluding carboxylic acids is 2. The molecule has 0 aliphatic rings. The summed E-state index contributed by atoms with van der Waals surface area (Å²) < 4.78 is 19.2. The van der Waals surface area contributed by atoms with Crippen molar-refractivity contribution in [3.63, 3.8) is 0 Å². The van der Waals surface area contributed by atoms with Gasteiger partial charge in [0.25, 0.3) is 5.91 Å². The van der Waals surface area contributed by atoms with Crippen LogP contribution >= 0.6 is 22.9 Å². The molecular weight excluding hydrogens is 353 g/mol. The Hall–Kier alpha value is -2.44. The van der Waals surface area contributed by atoms with E-state index in [1.54, 1.807) is 36.4 Å². The van der Waals surface area contributed by atoms with Gasteiger partial charge < -0.3 is 10.1 Å². The van der Waals surface area contributed by atoms with E-state index in [1.165, 1.54) is 12.1 Å². The summed E-state index contributed by atoms with van der Waals surface area (Å²) in [5.74, 6) is -1.56. The molecule has 0 spiro atoms. The van der Waals surface area contributed by atoms with Crippen molar-refractivity contribution in [1.82, 2.24) is 0 Å². The van der Waals surface area contributed by atoms with Gasteiger partial charge in [-0.15, -0.1) is 11.3 Å². The summed E-state index contributed by atoms with van der Waals surface area (Å²) in [6.07, 6.45) is 0. The molecule has 0 fully saturated rings. The second kappa shape index (κ2) is 6.98. The summed E-state index contributed by atoms with van der Waals surface area (Å²) in [6, 6.07) is 12.6. The number of hydrogen-bond donors (Lipinski definition) is 1. The highest BCUT2D eigenvalue weighted by atomic mass is 35.5. The average Bonchev–Trinajstić information content (AvgIpc) is 2.98. The van der Waals surface area contributed by atoms with Gasteiger partial charge in [0.1, 0.15) is 10.7 Å². The third-order valence-corrected chi connectivity index (χ3v) is 4.47. The van der Waals surface area contributed by atoms with Crippen LogP contribution < -0.4 is 5.32 Å². The molecule has 0 aliphatic carbocycles. The monoisotopic (exact) mass is 363 g/mol. The molecule has 2 aromatic carbocycles. The van der Waals surface area contributed by atoms with Gasteiger partial charge in [0.2, 0.25) is 0 Å². The van der Waals surface area contributed by atoms with Crippen molar-refractivity contribution in [1.29, 1.82) is 0 Å². The van der Waals surface area contributed by atoms with E-state index in [2.05, 4.69) is 5.32 Å². The largest absolute Gasteiger partial charge is 0.451 e. The van der Waals surface area contributed by atoms with Crippen molar-refractivity contribution < 1.29 is 18.7 Å². The molecule has 1 aromatic heterocycles. The van der Waals surface area contributed by atoms with Crippen LogP contribution in [0.25, 0.3) is 10.1 Å². The fraction of sp³-hybridized carbons (Fsp3) is 0.0588. The Balaban J connectivity index is 1.62. The van der Waals surface area contributed by atoms with Gasteiger partial charge >= 0.3 is 5.97 Å². The SMILES string of the molecule is O=C(COC(=O)c1cc2c(F)cccc2s1)Nc1cccc(Cl)c1. The first-order valence-electron chi connectivity index (χ1n) is 6.93. The summed E-state index contributed by atoms with van der Waals surface area (Å²) in [6.45, 7) is -0.442. The number of hydrogen-bond acceptors (Lipinski definition) is 4. The number of benzene rings is 2. The molecule has 0 atom stereocenters. The van der Waals surface area contributed by atoms with E-state index in [9.17, 15) is 14.0 Å². The molecule has 0 bridgehead atoms. The molecule has 3 rings (SSSR count). The lowest BCUT2D eigenvalue weighted by molar-refractivity contribution is -0.119. The Kier molecular flexibility index (Phi) is 4.78. The maximum Gasteiger partial charge on any atom is 0.348 e. The molecule has 122 valence electrons. The third kappa shape index (κ3) is 3.72. The Bertz CT molecular complexity index is 925. The van der Waals surface area contributed by atoms with E-state index in [4.69, 9.17) is 16.3 Å². The highest BCUT2D eigenvalue weighted by Crippen LogP contribution is 2.28. The summed E-state index contributed by atoms with van der Waals surface area (Å²) >= 11 is 6.93. The van der Waals surface area contributed by atoms with Crippen molar-refractivity contribution >= 4 is 50.6 Å². The number of amides is 1. The zero-order chi connectivity index (χ0) is 17.1. The highest BCUT2D eigenvalue weighted by molar-refractivity contribution is 7.20. The number of esters is 1. The van der Waals surface area contributed by atoms with Gasteiger partial charge in [-0.25, -0.2) is 9.18 Å². The lowest BCUT2D eigenvalue weighted by Crippen LogP contribution is -2.20. The molecule has 1 heterocycles. The van der Waals surface area contributed by atoms with E-state index < -0.39 is 24.3 Å². The van der Waals surface area contributed by atoms with Crippen molar-refractivity contribution in [3.8, 4) is 0 Å². The molecular formula is C17H11ClFNO3S. The summed E-state index contributed by atoms with van der Waals surface area (Å²) in [7, 11) is 0. The van der Waals surface area contributed by atoms with Crippen LogP contribution in [-0.4, -0.2) is 18.5 Å². The topological polar surface area (TPSA) is 55.4 Å². The van der Waals surface area contributed by atoms with E-state index >= 15 is 0 Å². The van der Waals surface area contributed by atoms with Crippen LogP contribution in [0.2, 0.25) is 5.02 Å². The molecule has 3 aromatic rings. The number of fused-ring (bicyclic) bond motifs is 1. The Morgan fingerprint density at radius 3 is 2.71 bits per heavy atom. The van der Waals surface area contributed by atoms with E-state index in [-0.39, 0.29) is 4.88 Å². The minimum absolute atomic E-state index is 0.241. The maximum absolute atomic E-state index is 13.6. The van der Waals surface area contributed by atoms with Crippen LogP contribution in [0, 0.1) is 5.82 Å². The maximum atomic E-state index is 13.6. The summed E-state index contributed by atoms with van der Waals surface area (Å²) in [5, 5.41) is 3.41. The van der Waals surface area contributed by atoms with Crippen LogP contribution in [0.1, 0.15) is 9.67 Å². The minimum atomic E-state index is -0.670. The molecule has 7 heteroatoms. The second-order valence-electron chi connectivity index (χ2n) is 4.90. The standard InChI is InChI=1S/C17H11ClFNO3S/c18-10-3-1-4-11(7-10)20-16(21)9-23-17(22)15-8-12-13(19)5-2-6-14(12)24-15/h1-8H,9H2,(H,20,21). The first-order valence-corrected chi connectivity index (χ1v) is 8.13. The number of thiophene rings is 1. The Morgan fingerprint density at radius 1 is 1.17 bits per heavy atom. The van der Waals surface area contributed by atoms with Crippen LogP contribution in [0.5, 0.6) is 0 Å². The smallest absolute Gasteiger partial charge is 0.348 e. The van der Waals surface area contributed by atoms with Gasteiger partial charge in [-0.1, -0.05) is 23.7 Å². The minimum Gasteiger partial charge on any atom is -0.451 e. The average molecular weight is 364 g/mol. The molecule has 1 amide bonds. The zero-order valence-electron chi connectivity index (χ0n) is 12.2. The van der Waals surface area contributed by atoms with Crippen LogP contribution in [-0.2, 0) is 9.53 Å². The first-order chi connectivity index (χ1) is 11.5. The lowest BCUT2D eigenvalue weighted by atomic mass is 10.2. The fourth-order valence-electron chi connectivity index (χ4n) is 2.09. The van der Waals surface area contributed by atoms with Gasteiger partial charge in [-0.3, -0.25) is 4.79 Å². The zero-order valence-corrected chi connectivity index (χ0v) is 13.8. The van der Waals surface area contributed by atoms with Crippen LogP contribution in [0.4, 0.5) is 10.1 Å². The normalized spacial score (nSPS) is 10.6. The fourth-order valence-corrected chi connectivity index (χ4v) is 3.25. The predicted octanol–water partition coefficient (Wildman–Crippen LogP) is 4.49. The van der Waals surface area contributed by atoms with Gasteiger partial charge in [-0.2, -0.15) is 0 Å². The van der Waals surface area contributed by atoms with E-state index in [1.807, 2.05) is 0 Å². The molecule has 1 N–H and O–H groups in total. The van der Waals surface area contributed by atoms with E-state index in [0.717, 1.165) is 11.3 Å². The molecule has 0 radical (unpaired) electrons. The number of carbonyl (C=O) groups is 2. The Labute approximate surface area is 145 Å². The molecule has 4 nitrogen and oxygen atoms in total. The van der Waals surface area contributed by atoms with Crippen LogP contribution in [0.3, 0.4) is 0 Å². The number of ether oxygens (including phenoxy) is 1. The van der Waals surface area contributed by atoms with Crippen molar-refractivity contribution in [3.05, 3.63) is 64.2 Å². The molecule has 24 heavy (non-hydrogen) atoms. The number of rotatable bonds is 4.